The average Bonchev–Trinajstić information content (AvgIpc) is 2.15. The van der Waals surface area contributed by atoms with Crippen LogP contribution in [0.25, 0.3) is 0 Å². The van der Waals surface area contributed by atoms with Crippen molar-refractivity contribution in [2.24, 2.45) is 0 Å². The highest BCUT2D eigenvalue weighted by Crippen LogP contribution is 2.33. The van der Waals surface area contributed by atoms with E-state index < -0.39 is 5.97 Å². The van der Waals surface area contributed by atoms with Gasteiger partial charge in [0.2, 0.25) is 0 Å². The summed E-state index contributed by atoms with van der Waals surface area (Å²) >= 11 is 3.29. The first-order chi connectivity index (χ1) is 7.06. The largest absolute Gasteiger partial charge is 0.496 e. The van der Waals surface area contributed by atoms with E-state index in [1.165, 1.54) is 0 Å². The van der Waals surface area contributed by atoms with Crippen LogP contribution in [0, 0.1) is 0 Å². The van der Waals surface area contributed by atoms with Crippen molar-refractivity contribution >= 4 is 21.9 Å². The molecule has 1 atom stereocenters. The highest BCUT2D eigenvalue weighted by Gasteiger charge is 2.18. The Labute approximate surface area is 96.4 Å². The first-order valence-corrected chi connectivity index (χ1v) is 5.25. The van der Waals surface area contributed by atoms with Crippen LogP contribution in [-0.2, 0) is 4.79 Å². The zero-order chi connectivity index (χ0) is 11.4. The van der Waals surface area contributed by atoms with Crippen molar-refractivity contribution in [3.05, 3.63) is 22.4 Å². The van der Waals surface area contributed by atoms with E-state index in [9.17, 15) is 4.79 Å². The standard InChI is InChI=1S/C10H12BrNO3/c1-6(5-8(13)14)9-7(15-2)3-4-12-10(9)11/h3-4,6H,5H2,1-2H3,(H,13,14). The smallest absolute Gasteiger partial charge is 0.303 e. The van der Waals surface area contributed by atoms with Gasteiger partial charge in [-0.2, -0.15) is 0 Å². The van der Waals surface area contributed by atoms with Crippen LogP contribution in [0.3, 0.4) is 0 Å². The highest BCUT2D eigenvalue weighted by atomic mass is 79.9. The minimum absolute atomic E-state index is 0.0562. The highest BCUT2D eigenvalue weighted by molar-refractivity contribution is 9.10. The molecular weight excluding hydrogens is 262 g/mol. The number of ether oxygens (including phenoxy) is 1. The summed E-state index contributed by atoms with van der Waals surface area (Å²) in [6.07, 6.45) is 1.67. The number of methoxy groups -OCH3 is 1. The fraction of sp³-hybridized carbons (Fsp3) is 0.400. The molecule has 0 aliphatic heterocycles. The second-order valence-corrected chi connectivity index (χ2v) is 3.97. The summed E-state index contributed by atoms with van der Waals surface area (Å²) in [7, 11) is 1.55. The lowest BCUT2D eigenvalue weighted by molar-refractivity contribution is -0.137. The average molecular weight is 274 g/mol. The summed E-state index contributed by atoms with van der Waals surface area (Å²) in [5.41, 5.74) is 0.794. The number of aromatic nitrogens is 1. The van der Waals surface area contributed by atoms with Gasteiger partial charge in [0.25, 0.3) is 0 Å². The van der Waals surface area contributed by atoms with Crippen LogP contribution in [0.2, 0.25) is 0 Å². The van der Waals surface area contributed by atoms with Gasteiger partial charge in [-0.15, -0.1) is 0 Å². The van der Waals surface area contributed by atoms with Gasteiger partial charge < -0.3 is 9.84 Å². The Kier molecular flexibility index (Phi) is 4.08. The molecule has 0 saturated carbocycles. The monoisotopic (exact) mass is 273 g/mol. The molecule has 0 amide bonds. The van der Waals surface area contributed by atoms with Gasteiger partial charge in [-0.05, 0) is 27.9 Å². The van der Waals surface area contributed by atoms with E-state index >= 15 is 0 Å². The van der Waals surface area contributed by atoms with Gasteiger partial charge in [0.1, 0.15) is 10.4 Å². The van der Waals surface area contributed by atoms with Crippen molar-refractivity contribution in [1.82, 2.24) is 4.98 Å². The summed E-state index contributed by atoms with van der Waals surface area (Å²) in [6.45, 7) is 1.83. The third kappa shape index (κ3) is 2.92. The van der Waals surface area contributed by atoms with Crippen molar-refractivity contribution in [3.8, 4) is 5.75 Å². The van der Waals surface area contributed by atoms with Gasteiger partial charge in [0.05, 0.1) is 13.5 Å². The maximum Gasteiger partial charge on any atom is 0.303 e. The molecule has 1 heterocycles. The first-order valence-electron chi connectivity index (χ1n) is 4.46. The summed E-state index contributed by atoms with van der Waals surface area (Å²) in [5.74, 6) is -0.313. The predicted octanol–water partition coefficient (Wildman–Crippen LogP) is 2.43. The molecule has 4 nitrogen and oxygen atoms in total. The Morgan fingerprint density at radius 1 is 1.73 bits per heavy atom. The molecule has 1 N–H and O–H groups in total. The second-order valence-electron chi connectivity index (χ2n) is 3.22. The summed E-state index contributed by atoms with van der Waals surface area (Å²) in [6, 6.07) is 1.72. The number of pyridine rings is 1. The number of carboxylic acid groups (broad SMARTS) is 1. The molecule has 1 unspecified atom stereocenters. The van der Waals surface area contributed by atoms with Crippen molar-refractivity contribution in [1.29, 1.82) is 0 Å². The number of halogens is 1. The minimum atomic E-state index is -0.833. The summed E-state index contributed by atoms with van der Waals surface area (Å²) < 4.78 is 5.80. The zero-order valence-electron chi connectivity index (χ0n) is 8.53. The molecule has 0 saturated heterocycles. The first kappa shape index (κ1) is 12.0. The van der Waals surface area contributed by atoms with Gasteiger partial charge in [-0.3, -0.25) is 4.79 Å². The maximum atomic E-state index is 10.6. The minimum Gasteiger partial charge on any atom is -0.496 e. The maximum absolute atomic E-state index is 10.6. The molecule has 0 bridgehead atoms. The Morgan fingerprint density at radius 2 is 2.40 bits per heavy atom. The van der Waals surface area contributed by atoms with E-state index in [0.29, 0.717) is 10.4 Å². The number of nitrogens with zero attached hydrogens (tertiary/aromatic N) is 1. The number of hydrogen-bond acceptors (Lipinski definition) is 3. The van der Waals surface area contributed by atoms with Crippen molar-refractivity contribution in [2.75, 3.05) is 7.11 Å². The van der Waals surface area contributed by atoms with Crippen LogP contribution in [0.5, 0.6) is 5.75 Å². The summed E-state index contributed by atoms with van der Waals surface area (Å²) in [5, 5.41) is 8.72. The number of aliphatic carboxylic acids is 1. The summed E-state index contributed by atoms with van der Waals surface area (Å²) in [4.78, 5) is 14.7. The van der Waals surface area contributed by atoms with Gasteiger partial charge in [0.15, 0.2) is 0 Å². The topological polar surface area (TPSA) is 59.4 Å². The van der Waals surface area contributed by atoms with E-state index in [0.717, 1.165) is 5.56 Å². The van der Waals surface area contributed by atoms with E-state index in [4.69, 9.17) is 9.84 Å². The lowest BCUT2D eigenvalue weighted by Gasteiger charge is -2.14. The number of carboxylic acids is 1. The number of rotatable bonds is 4. The molecule has 0 aliphatic carbocycles. The van der Waals surface area contributed by atoms with Gasteiger partial charge in [0, 0.05) is 11.8 Å². The Morgan fingerprint density at radius 3 is 2.93 bits per heavy atom. The molecule has 0 radical (unpaired) electrons. The molecule has 0 spiro atoms. The van der Waals surface area contributed by atoms with Crippen LogP contribution in [0.15, 0.2) is 16.9 Å². The Bertz CT molecular complexity index is 368. The van der Waals surface area contributed by atoms with Crippen molar-refractivity contribution < 1.29 is 14.6 Å². The predicted molar refractivity (Wildman–Crippen MR) is 59.2 cm³/mol. The van der Waals surface area contributed by atoms with Gasteiger partial charge in [-0.1, -0.05) is 6.92 Å². The molecular formula is C10H12BrNO3. The fourth-order valence-electron chi connectivity index (χ4n) is 1.42. The lowest BCUT2D eigenvalue weighted by Crippen LogP contribution is -2.06. The SMILES string of the molecule is COc1ccnc(Br)c1C(C)CC(=O)O. The van der Waals surface area contributed by atoms with Gasteiger partial charge in [-0.25, -0.2) is 4.98 Å². The fourth-order valence-corrected chi connectivity index (χ4v) is 2.12. The molecule has 1 aromatic heterocycles. The Balaban J connectivity index is 3.05. The normalized spacial score (nSPS) is 12.2. The van der Waals surface area contributed by atoms with Crippen LogP contribution >= 0.6 is 15.9 Å². The van der Waals surface area contributed by atoms with Crippen LogP contribution in [0.4, 0.5) is 0 Å². The molecule has 1 aromatic rings. The molecule has 0 fully saturated rings. The molecule has 5 heteroatoms. The Hall–Kier alpha value is -1.10. The van der Waals surface area contributed by atoms with E-state index in [-0.39, 0.29) is 12.3 Å². The van der Waals surface area contributed by atoms with Crippen LogP contribution in [-0.4, -0.2) is 23.2 Å². The molecule has 15 heavy (non-hydrogen) atoms. The van der Waals surface area contributed by atoms with Crippen molar-refractivity contribution in [3.63, 3.8) is 0 Å². The number of carbonyl (C=O) groups is 1. The third-order valence-corrected chi connectivity index (χ3v) is 2.73. The van der Waals surface area contributed by atoms with Crippen LogP contribution < -0.4 is 4.74 Å². The molecule has 0 aromatic carbocycles. The number of hydrogen-bond donors (Lipinski definition) is 1. The molecule has 1 rings (SSSR count). The van der Waals surface area contributed by atoms with E-state index in [1.807, 2.05) is 6.92 Å². The third-order valence-electron chi connectivity index (χ3n) is 2.10. The quantitative estimate of drug-likeness (QED) is 0.856. The second kappa shape index (κ2) is 5.11. The van der Waals surface area contributed by atoms with Gasteiger partial charge >= 0.3 is 5.97 Å². The zero-order valence-corrected chi connectivity index (χ0v) is 10.1. The lowest BCUT2D eigenvalue weighted by atomic mass is 9.99. The molecule has 82 valence electrons. The van der Waals surface area contributed by atoms with E-state index in [1.54, 1.807) is 19.4 Å². The van der Waals surface area contributed by atoms with Crippen LogP contribution in [0.1, 0.15) is 24.8 Å². The van der Waals surface area contributed by atoms with Crippen molar-refractivity contribution in [2.45, 2.75) is 19.3 Å². The molecule has 0 aliphatic rings. The van der Waals surface area contributed by atoms with E-state index in [2.05, 4.69) is 20.9 Å².